The molecule has 1 unspecified atom stereocenters. The summed E-state index contributed by atoms with van der Waals surface area (Å²) in [7, 11) is 0. The lowest BCUT2D eigenvalue weighted by Gasteiger charge is -2.31. The average molecular weight is 498 g/mol. The van der Waals surface area contributed by atoms with Gasteiger partial charge in [0.2, 0.25) is 10.9 Å². The zero-order chi connectivity index (χ0) is 25.8. The molecular weight excluding hydrogens is 474 g/mol. The van der Waals surface area contributed by atoms with Gasteiger partial charge in [0.1, 0.15) is 22.3 Å². The Morgan fingerprint density at radius 1 is 0.711 bits per heavy atom. The van der Waals surface area contributed by atoms with E-state index >= 15 is 0 Å². The first-order chi connectivity index (χ1) is 18.6. The third-order valence-corrected chi connectivity index (χ3v) is 7.18. The summed E-state index contributed by atoms with van der Waals surface area (Å²) in [6.45, 7) is 2.18. The lowest BCUT2D eigenvalue weighted by atomic mass is 9.98. The monoisotopic (exact) mass is 497 g/mol. The van der Waals surface area contributed by atoms with Crippen LogP contribution in [-0.2, 0) is 0 Å². The first kappa shape index (κ1) is 22.3. The quantitative estimate of drug-likeness (QED) is 0.233. The fourth-order valence-corrected chi connectivity index (χ4v) is 5.39. The highest BCUT2D eigenvalue weighted by Gasteiger charge is 2.23. The molecule has 0 radical (unpaired) electrons. The summed E-state index contributed by atoms with van der Waals surface area (Å²) in [5, 5.41) is 1.73. The summed E-state index contributed by atoms with van der Waals surface area (Å²) in [6.07, 6.45) is 7.19. The van der Waals surface area contributed by atoms with E-state index in [1.807, 2.05) is 48.5 Å². The highest BCUT2D eigenvalue weighted by molar-refractivity contribution is 6.03. The van der Waals surface area contributed by atoms with E-state index in [0.717, 1.165) is 23.5 Å². The van der Waals surface area contributed by atoms with Crippen molar-refractivity contribution < 1.29 is 8.83 Å². The fraction of sp³-hybridized carbons (Fsp3) is 0.0909. The molecule has 1 aliphatic rings. The lowest BCUT2D eigenvalue weighted by Crippen LogP contribution is -2.21. The van der Waals surface area contributed by atoms with E-state index in [0.29, 0.717) is 49.8 Å². The maximum absolute atomic E-state index is 14.1. The van der Waals surface area contributed by atoms with E-state index in [1.165, 1.54) is 0 Å². The Bertz CT molecular complexity index is 2070. The van der Waals surface area contributed by atoms with Crippen molar-refractivity contribution in [1.29, 1.82) is 0 Å². The molecule has 0 spiro atoms. The predicted molar refractivity (Wildman–Crippen MR) is 153 cm³/mol. The van der Waals surface area contributed by atoms with Crippen LogP contribution < -0.4 is 15.8 Å². The molecule has 0 bridgehead atoms. The Morgan fingerprint density at radius 2 is 1.39 bits per heavy atom. The number of fused-ring (bicyclic) bond motifs is 4. The van der Waals surface area contributed by atoms with Gasteiger partial charge in [-0.1, -0.05) is 55.5 Å². The highest BCUT2D eigenvalue weighted by Crippen LogP contribution is 2.38. The van der Waals surface area contributed by atoms with Gasteiger partial charge in [0.25, 0.3) is 0 Å². The Balaban J connectivity index is 1.54. The van der Waals surface area contributed by atoms with Crippen LogP contribution in [0.1, 0.15) is 13.3 Å². The van der Waals surface area contributed by atoms with E-state index in [9.17, 15) is 9.59 Å². The molecule has 7 rings (SSSR count). The van der Waals surface area contributed by atoms with Crippen LogP contribution in [0.2, 0.25) is 0 Å². The fourth-order valence-electron chi connectivity index (χ4n) is 5.39. The minimum absolute atomic E-state index is 0.151. The van der Waals surface area contributed by atoms with Gasteiger partial charge in [0, 0.05) is 11.4 Å². The van der Waals surface area contributed by atoms with Gasteiger partial charge in [-0.3, -0.25) is 9.59 Å². The zero-order valence-corrected chi connectivity index (χ0v) is 20.7. The number of allylic oxidation sites excluding steroid dienone is 4. The molecule has 0 aliphatic heterocycles. The molecule has 0 amide bonds. The van der Waals surface area contributed by atoms with Crippen molar-refractivity contribution in [1.82, 2.24) is 0 Å². The number of hydrogen-bond donors (Lipinski definition) is 0. The van der Waals surface area contributed by atoms with E-state index in [4.69, 9.17) is 8.83 Å². The number of anilines is 2. The summed E-state index contributed by atoms with van der Waals surface area (Å²) in [5.41, 5.74) is 4.14. The van der Waals surface area contributed by atoms with Crippen molar-refractivity contribution in [3.63, 3.8) is 0 Å². The van der Waals surface area contributed by atoms with Crippen molar-refractivity contribution in [3.8, 4) is 0 Å². The van der Waals surface area contributed by atoms with Crippen molar-refractivity contribution in [2.45, 2.75) is 13.3 Å². The smallest absolute Gasteiger partial charge is 0.202 e. The molecule has 5 nitrogen and oxygen atoms in total. The Kier molecular flexibility index (Phi) is 5.05. The molecule has 0 fully saturated rings. The van der Waals surface area contributed by atoms with Gasteiger partial charge in [0.05, 0.1) is 27.2 Å². The number of benzene rings is 4. The summed E-state index contributed by atoms with van der Waals surface area (Å²) in [5.74, 6) is 0.373. The minimum atomic E-state index is -0.171. The van der Waals surface area contributed by atoms with E-state index in [2.05, 4.69) is 30.1 Å². The largest absolute Gasteiger partial charge is 0.456 e. The van der Waals surface area contributed by atoms with Gasteiger partial charge in [-0.15, -0.1) is 0 Å². The van der Waals surface area contributed by atoms with Crippen LogP contribution in [0.3, 0.4) is 0 Å². The normalized spacial score (nSPS) is 15.4. The van der Waals surface area contributed by atoms with Crippen LogP contribution >= 0.6 is 0 Å². The third kappa shape index (κ3) is 3.47. The molecule has 38 heavy (non-hydrogen) atoms. The molecule has 184 valence electrons. The number of hydrogen-bond acceptors (Lipinski definition) is 5. The number of nitrogens with zero attached hydrogens (tertiary/aromatic N) is 1. The Morgan fingerprint density at radius 3 is 2.18 bits per heavy atom. The van der Waals surface area contributed by atoms with Crippen LogP contribution in [0.25, 0.3) is 43.9 Å². The first-order valence-electron chi connectivity index (χ1n) is 12.7. The van der Waals surface area contributed by atoms with Gasteiger partial charge in [-0.05, 0) is 66.9 Å². The van der Waals surface area contributed by atoms with Crippen LogP contribution in [0.15, 0.2) is 127 Å². The molecule has 2 heterocycles. The van der Waals surface area contributed by atoms with Crippen LogP contribution in [0.4, 0.5) is 11.4 Å². The molecule has 5 heteroatoms. The van der Waals surface area contributed by atoms with E-state index < -0.39 is 0 Å². The van der Waals surface area contributed by atoms with Gasteiger partial charge in [-0.25, -0.2) is 0 Å². The molecule has 2 aromatic heterocycles. The van der Waals surface area contributed by atoms with Crippen LogP contribution in [-0.4, -0.2) is 0 Å². The second kappa shape index (κ2) is 8.60. The van der Waals surface area contributed by atoms with Gasteiger partial charge >= 0.3 is 0 Å². The molecule has 0 saturated carbocycles. The molecule has 4 aromatic carbocycles. The molecule has 1 aliphatic carbocycles. The topological polar surface area (TPSA) is 63.7 Å². The SMILES string of the molecule is CC1C=CC=C(N(c2ccccc2)c2cccc3oc4cc5c(=O)c6ccccc6oc5cc4c(=O)c23)C1. The summed E-state index contributed by atoms with van der Waals surface area (Å²) < 4.78 is 12.3. The van der Waals surface area contributed by atoms with Gasteiger partial charge in [0.15, 0.2) is 0 Å². The summed E-state index contributed by atoms with van der Waals surface area (Å²) in [6, 6.07) is 26.1. The average Bonchev–Trinajstić information content (AvgIpc) is 2.94. The first-order valence-corrected chi connectivity index (χ1v) is 12.7. The molecule has 6 aromatic rings. The standard InChI is InChI=1S/C33H23NO4/c1-20-9-7-12-22(17-20)34(21-10-3-2-4-11-21)26-14-8-16-28-31(26)33(36)25-19-29-24(18-30(25)38-28)32(35)23-13-5-6-15-27(23)37-29/h2-16,18-20H,17H2,1H3. The van der Waals surface area contributed by atoms with Crippen LogP contribution in [0.5, 0.6) is 0 Å². The van der Waals surface area contributed by atoms with Crippen molar-refractivity contribution in [2.24, 2.45) is 5.92 Å². The minimum Gasteiger partial charge on any atom is -0.456 e. The van der Waals surface area contributed by atoms with E-state index in [-0.39, 0.29) is 10.9 Å². The maximum atomic E-state index is 14.1. The second-order valence-corrected chi connectivity index (χ2v) is 9.75. The Labute approximate surface area is 217 Å². The third-order valence-electron chi connectivity index (χ3n) is 7.18. The van der Waals surface area contributed by atoms with Crippen molar-refractivity contribution >= 4 is 55.3 Å². The number of rotatable bonds is 3. The van der Waals surface area contributed by atoms with Crippen molar-refractivity contribution in [3.05, 3.63) is 129 Å². The van der Waals surface area contributed by atoms with Crippen LogP contribution in [0, 0.1) is 5.92 Å². The predicted octanol–water partition coefficient (Wildman–Crippen LogP) is 7.82. The van der Waals surface area contributed by atoms with E-state index in [1.54, 1.807) is 36.4 Å². The maximum Gasteiger partial charge on any atom is 0.202 e. The highest BCUT2D eigenvalue weighted by atomic mass is 16.3. The molecule has 1 atom stereocenters. The molecule has 0 saturated heterocycles. The van der Waals surface area contributed by atoms with Gasteiger partial charge in [-0.2, -0.15) is 0 Å². The van der Waals surface area contributed by atoms with Crippen molar-refractivity contribution in [2.75, 3.05) is 4.90 Å². The molecule has 0 N–H and O–H groups in total. The lowest BCUT2D eigenvalue weighted by molar-refractivity contribution is 0.652. The summed E-state index contributed by atoms with van der Waals surface area (Å²) >= 11 is 0. The summed E-state index contributed by atoms with van der Waals surface area (Å²) in [4.78, 5) is 29.5. The molecular formula is C33H23NO4. The second-order valence-electron chi connectivity index (χ2n) is 9.75. The van der Waals surface area contributed by atoms with Gasteiger partial charge < -0.3 is 13.7 Å². The number of para-hydroxylation sites is 2. The Hall–Kier alpha value is -4.90. The zero-order valence-electron chi connectivity index (χ0n) is 20.7.